The van der Waals surface area contributed by atoms with Crippen molar-refractivity contribution >= 4 is 33.9 Å². The van der Waals surface area contributed by atoms with Crippen molar-refractivity contribution in [2.24, 2.45) is 0 Å². The number of nitrogens with one attached hydrogen (secondary N) is 1. The van der Waals surface area contributed by atoms with Crippen LogP contribution in [0.25, 0.3) is 33.6 Å². The van der Waals surface area contributed by atoms with Gasteiger partial charge in [-0.3, -0.25) is 10.2 Å². The summed E-state index contributed by atoms with van der Waals surface area (Å²) in [6.45, 7) is 2.57. The zero-order valence-corrected chi connectivity index (χ0v) is 18.0. The van der Waals surface area contributed by atoms with Crippen molar-refractivity contribution in [2.75, 3.05) is 11.2 Å². The van der Waals surface area contributed by atoms with Gasteiger partial charge in [0.2, 0.25) is 0 Å². The van der Waals surface area contributed by atoms with Crippen molar-refractivity contribution < 1.29 is 4.79 Å². The Bertz CT molecular complexity index is 1670. The van der Waals surface area contributed by atoms with E-state index < -0.39 is 5.91 Å². The minimum atomic E-state index is -0.426. The zero-order valence-electron chi connectivity index (χ0n) is 18.0. The fourth-order valence-electron chi connectivity index (χ4n) is 3.93. The topological polar surface area (TPSA) is 151 Å². The van der Waals surface area contributed by atoms with Crippen LogP contribution in [-0.4, -0.2) is 30.1 Å². The van der Waals surface area contributed by atoms with Crippen LogP contribution in [0.1, 0.15) is 28.7 Å². The van der Waals surface area contributed by atoms with Crippen molar-refractivity contribution in [2.45, 2.75) is 13.5 Å². The van der Waals surface area contributed by atoms with Crippen molar-refractivity contribution in [1.82, 2.24) is 24.2 Å². The Morgan fingerprint density at radius 1 is 1.00 bits per heavy atom. The molecule has 0 fully saturated rings. The number of hydrogen-bond acceptors (Lipinski definition) is 7. The molecule has 164 valence electrons. The number of hydrogen-bond donors (Lipinski definition) is 2. The van der Waals surface area contributed by atoms with E-state index in [1.165, 1.54) is 4.68 Å². The van der Waals surface area contributed by atoms with E-state index in [1.54, 1.807) is 30.3 Å². The summed E-state index contributed by atoms with van der Waals surface area (Å²) in [6.07, 6.45) is 0. The molecule has 5 rings (SSSR count). The van der Waals surface area contributed by atoms with Gasteiger partial charge in [-0.1, -0.05) is 30.3 Å². The van der Waals surface area contributed by atoms with Crippen LogP contribution < -0.4 is 11.2 Å². The van der Waals surface area contributed by atoms with E-state index >= 15 is 0 Å². The number of aromatic nitrogens is 5. The van der Waals surface area contributed by atoms with Gasteiger partial charge in [0.25, 0.3) is 5.91 Å². The lowest BCUT2D eigenvalue weighted by Gasteiger charge is -2.10. The number of anilines is 1. The van der Waals surface area contributed by atoms with E-state index in [0.29, 0.717) is 23.5 Å². The first-order valence-electron chi connectivity index (χ1n) is 10.4. The van der Waals surface area contributed by atoms with Crippen molar-refractivity contribution in [1.29, 1.82) is 10.5 Å². The molecule has 3 N–H and O–H groups in total. The largest absolute Gasteiger partial charge is 0.383 e. The molecule has 0 radical (unpaired) electrons. The first-order valence-corrected chi connectivity index (χ1v) is 10.4. The highest BCUT2D eigenvalue weighted by Gasteiger charge is 2.26. The van der Waals surface area contributed by atoms with Crippen molar-refractivity contribution in [3.05, 3.63) is 71.5 Å². The van der Waals surface area contributed by atoms with Gasteiger partial charge < -0.3 is 10.3 Å². The summed E-state index contributed by atoms with van der Waals surface area (Å²) >= 11 is 0. The molecule has 0 aliphatic carbocycles. The van der Waals surface area contributed by atoms with E-state index in [4.69, 9.17) is 10.7 Å². The monoisotopic (exact) mass is 447 g/mol. The van der Waals surface area contributed by atoms with Gasteiger partial charge >= 0.3 is 0 Å². The van der Waals surface area contributed by atoms with Crippen LogP contribution in [0.15, 0.2) is 54.6 Å². The second-order valence-corrected chi connectivity index (χ2v) is 7.39. The third kappa shape index (κ3) is 3.10. The molecule has 0 unspecified atom stereocenters. The molecule has 0 bridgehead atoms. The first kappa shape index (κ1) is 20.7. The lowest BCUT2D eigenvalue weighted by Crippen LogP contribution is -2.24. The number of nitrogens with zero attached hydrogens (tertiary/aromatic N) is 7. The average Bonchev–Trinajstić information content (AvgIpc) is 3.37. The number of amides is 1. The Labute approximate surface area is 193 Å². The molecule has 5 aromatic rings. The Balaban J connectivity index is 1.81. The van der Waals surface area contributed by atoms with E-state index in [0.717, 1.165) is 11.0 Å². The summed E-state index contributed by atoms with van der Waals surface area (Å²) in [5.74, 6) is 0.217. The molecule has 10 heteroatoms. The van der Waals surface area contributed by atoms with Gasteiger partial charge in [-0.2, -0.15) is 10.5 Å². The Hall–Kier alpha value is -5.22. The highest BCUT2D eigenvalue weighted by molar-refractivity contribution is 6.04. The van der Waals surface area contributed by atoms with Gasteiger partial charge in [0, 0.05) is 12.1 Å². The van der Waals surface area contributed by atoms with Crippen LogP contribution in [-0.2, 0) is 6.54 Å². The summed E-state index contributed by atoms with van der Waals surface area (Å²) in [4.78, 5) is 26.4. The van der Waals surface area contributed by atoms with Crippen LogP contribution in [0.2, 0.25) is 0 Å². The zero-order chi connectivity index (χ0) is 23.8. The van der Waals surface area contributed by atoms with E-state index in [9.17, 15) is 15.3 Å². The second kappa shape index (κ2) is 8.04. The summed E-state index contributed by atoms with van der Waals surface area (Å²) in [5.41, 5.74) is 11.9. The Morgan fingerprint density at radius 3 is 2.38 bits per heavy atom. The van der Waals surface area contributed by atoms with Crippen LogP contribution in [0.4, 0.5) is 5.82 Å². The van der Waals surface area contributed by atoms with Gasteiger partial charge in [0.05, 0.1) is 16.6 Å². The molecule has 0 atom stereocenters. The molecule has 3 heterocycles. The number of rotatable bonds is 4. The number of carbonyl (C=O) groups excluding carboxylic acids is 1. The average molecular weight is 447 g/mol. The van der Waals surface area contributed by atoms with Crippen LogP contribution in [0.5, 0.6) is 0 Å². The molecule has 34 heavy (non-hydrogen) atoms. The summed E-state index contributed by atoms with van der Waals surface area (Å²) in [7, 11) is 0. The number of carbonyl (C=O) groups is 1. The third-order valence-corrected chi connectivity index (χ3v) is 5.48. The first-order chi connectivity index (χ1) is 16.6. The molecule has 0 aliphatic rings. The van der Waals surface area contributed by atoms with Gasteiger partial charge in [0.1, 0.15) is 29.3 Å². The van der Waals surface area contributed by atoms with E-state index in [2.05, 4.69) is 15.4 Å². The normalized spacial score (nSPS) is 10.8. The SMILES string of the molecule is CCn1c(-c2c(N)n(NC(=O)c3ccccc3)c3nc(C#N)c(C#N)nc23)nc2ccccc21. The standard InChI is InChI=1S/C24H17N9O/c1-2-32-18-11-7-6-10-15(18)29-22(32)19-20-23(30-17(13-26)16(12-25)28-20)33(21(19)27)31-24(34)14-8-4-3-5-9-14/h3-11H,2,27H2,1H3,(H,31,34). The summed E-state index contributed by atoms with van der Waals surface area (Å²) in [6, 6.07) is 20.0. The van der Waals surface area contributed by atoms with Gasteiger partial charge in [-0.15, -0.1) is 0 Å². The molecular weight excluding hydrogens is 430 g/mol. The smallest absolute Gasteiger partial charge is 0.270 e. The minimum absolute atomic E-state index is 0.128. The maximum absolute atomic E-state index is 12.9. The molecule has 3 aromatic heterocycles. The molecule has 1 amide bonds. The number of imidazole rings is 1. The lowest BCUT2D eigenvalue weighted by atomic mass is 10.2. The van der Waals surface area contributed by atoms with Crippen molar-refractivity contribution in [3.8, 4) is 23.5 Å². The Kier molecular flexibility index (Phi) is 4.89. The Morgan fingerprint density at radius 2 is 1.68 bits per heavy atom. The molecule has 2 aromatic carbocycles. The van der Waals surface area contributed by atoms with Crippen LogP contribution in [0.3, 0.4) is 0 Å². The number of para-hydroxylation sites is 2. The molecular formula is C24H17N9O. The van der Waals surface area contributed by atoms with E-state index in [-0.39, 0.29) is 28.4 Å². The fourth-order valence-corrected chi connectivity index (χ4v) is 3.93. The summed E-state index contributed by atoms with van der Waals surface area (Å²) < 4.78 is 3.25. The molecule has 0 spiro atoms. The maximum atomic E-state index is 12.9. The number of aryl methyl sites for hydroxylation is 1. The van der Waals surface area contributed by atoms with Crippen LogP contribution >= 0.6 is 0 Å². The second-order valence-electron chi connectivity index (χ2n) is 7.39. The van der Waals surface area contributed by atoms with Gasteiger partial charge in [-0.25, -0.2) is 19.6 Å². The quantitative estimate of drug-likeness (QED) is 0.429. The number of nitriles is 2. The van der Waals surface area contributed by atoms with Gasteiger partial charge in [-0.05, 0) is 31.2 Å². The van der Waals surface area contributed by atoms with Gasteiger partial charge in [0.15, 0.2) is 17.0 Å². The number of nitrogen functional groups attached to an aromatic ring is 1. The maximum Gasteiger partial charge on any atom is 0.270 e. The fraction of sp³-hybridized carbons (Fsp3) is 0.0833. The minimum Gasteiger partial charge on any atom is -0.383 e. The predicted octanol–water partition coefficient (Wildman–Crippen LogP) is 3.18. The molecule has 0 saturated carbocycles. The number of nitrogens with two attached hydrogens (primary N) is 1. The highest BCUT2D eigenvalue weighted by atomic mass is 16.2. The summed E-state index contributed by atoms with van der Waals surface area (Å²) in [5, 5.41) is 19.0. The van der Waals surface area contributed by atoms with E-state index in [1.807, 2.05) is 47.9 Å². The third-order valence-electron chi connectivity index (χ3n) is 5.48. The predicted molar refractivity (Wildman–Crippen MR) is 126 cm³/mol. The van der Waals surface area contributed by atoms with Crippen molar-refractivity contribution in [3.63, 3.8) is 0 Å². The number of fused-ring (bicyclic) bond motifs is 2. The highest BCUT2D eigenvalue weighted by Crippen LogP contribution is 2.36. The number of benzene rings is 2. The molecule has 10 nitrogen and oxygen atoms in total. The lowest BCUT2D eigenvalue weighted by molar-refractivity contribution is 0.101. The van der Waals surface area contributed by atoms with Crippen LogP contribution in [0, 0.1) is 22.7 Å². The molecule has 0 saturated heterocycles. The molecule has 0 aliphatic heterocycles.